The topological polar surface area (TPSA) is 66.8 Å². The molecule has 17 heavy (non-hydrogen) atoms. The molecule has 0 radical (unpaired) electrons. The first-order valence-corrected chi connectivity index (χ1v) is 6.11. The van der Waals surface area contributed by atoms with Gasteiger partial charge in [0.15, 0.2) is 0 Å². The predicted molar refractivity (Wildman–Crippen MR) is 64.8 cm³/mol. The van der Waals surface area contributed by atoms with Crippen molar-refractivity contribution in [1.82, 2.24) is 4.90 Å². The smallest absolute Gasteiger partial charge is 0.323 e. The number of carboxylic acid groups (broad SMARTS) is 1. The molecule has 0 rings (SSSR count). The van der Waals surface area contributed by atoms with Gasteiger partial charge in [0.1, 0.15) is 6.54 Å². The van der Waals surface area contributed by atoms with Crippen molar-refractivity contribution in [3.05, 3.63) is 0 Å². The van der Waals surface area contributed by atoms with Gasteiger partial charge in [-0.3, -0.25) is 9.59 Å². The summed E-state index contributed by atoms with van der Waals surface area (Å²) in [5.41, 5.74) is 0. The summed E-state index contributed by atoms with van der Waals surface area (Å²) in [6.45, 7) is 6.67. The number of hydrogen-bond donors (Lipinski definition) is 1. The molecule has 0 heterocycles. The average molecular weight is 245 g/mol. The van der Waals surface area contributed by atoms with E-state index in [9.17, 15) is 9.59 Å². The Morgan fingerprint density at radius 2 is 2.00 bits per heavy atom. The highest BCUT2D eigenvalue weighted by Crippen LogP contribution is 2.07. The van der Waals surface area contributed by atoms with Crippen molar-refractivity contribution >= 4 is 11.9 Å². The highest BCUT2D eigenvalue weighted by atomic mass is 16.5. The lowest BCUT2D eigenvalue weighted by Crippen LogP contribution is -2.41. The van der Waals surface area contributed by atoms with Crippen LogP contribution in [0.5, 0.6) is 0 Å². The quantitative estimate of drug-likeness (QED) is 0.625. The lowest BCUT2D eigenvalue weighted by molar-refractivity contribution is -0.146. The van der Waals surface area contributed by atoms with Gasteiger partial charge in [0, 0.05) is 25.7 Å². The highest BCUT2D eigenvalue weighted by Gasteiger charge is 2.20. The average Bonchev–Trinajstić information content (AvgIpc) is 2.30. The van der Waals surface area contributed by atoms with E-state index in [1.54, 1.807) is 0 Å². The summed E-state index contributed by atoms with van der Waals surface area (Å²) >= 11 is 0. The highest BCUT2D eigenvalue weighted by molar-refractivity contribution is 5.81. The van der Waals surface area contributed by atoms with E-state index in [-0.39, 0.29) is 18.5 Å². The minimum absolute atomic E-state index is 0.0364. The van der Waals surface area contributed by atoms with Crippen molar-refractivity contribution in [2.24, 2.45) is 0 Å². The Labute approximate surface area is 103 Å². The Morgan fingerprint density at radius 3 is 2.47 bits per heavy atom. The van der Waals surface area contributed by atoms with Crippen LogP contribution in [0.15, 0.2) is 0 Å². The first kappa shape index (κ1) is 15.9. The molecule has 5 nitrogen and oxygen atoms in total. The maximum atomic E-state index is 11.8. The van der Waals surface area contributed by atoms with Crippen molar-refractivity contribution in [3.8, 4) is 0 Å². The third kappa shape index (κ3) is 6.94. The first-order valence-electron chi connectivity index (χ1n) is 6.11. The Bertz CT molecular complexity index is 243. The number of aliphatic carboxylic acids is 1. The van der Waals surface area contributed by atoms with Crippen LogP contribution < -0.4 is 0 Å². The Morgan fingerprint density at radius 1 is 1.35 bits per heavy atom. The second-order valence-electron chi connectivity index (χ2n) is 3.97. The molecule has 0 fully saturated rings. The molecule has 0 aromatic carbocycles. The molecule has 1 unspecified atom stereocenters. The number of carbonyl (C=O) groups is 2. The minimum Gasteiger partial charge on any atom is -0.480 e. The van der Waals surface area contributed by atoms with E-state index in [2.05, 4.69) is 0 Å². The van der Waals surface area contributed by atoms with Gasteiger partial charge in [0.05, 0.1) is 0 Å². The summed E-state index contributed by atoms with van der Waals surface area (Å²) in [6, 6.07) is -0.0364. The zero-order valence-electron chi connectivity index (χ0n) is 10.9. The fourth-order valence-electron chi connectivity index (χ4n) is 1.47. The van der Waals surface area contributed by atoms with E-state index in [1.165, 1.54) is 4.90 Å². The lowest BCUT2D eigenvalue weighted by atomic mass is 10.2. The Balaban J connectivity index is 4.18. The number of carboxylic acids is 1. The number of ether oxygens (including phenoxy) is 1. The van der Waals surface area contributed by atoms with Gasteiger partial charge in [-0.05, 0) is 26.7 Å². The third-order valence-electron chi connectivity index (χ3n) is 2.63. The van der Waals surface area contributed by atoms with E-state index in [0.717, 1.165) is 6.42 Å². The predicted octanol–water partition coefficient (Wildman–Crippen LogP) is 1.51. The van der Waals surface area contributed by atoms with Crippen molar-refractivity contribution in [2.75, 3.05) is 19.8 Å². The molecule has 0 aliphatic carbocycles. The second kappa shape index (κ2) is 8.98. The molecule has 0 aliphatic heterocycles. The molecular formula is C12H23NO4. The largest absolute Gasteiger partial charge is 0.480 e. The summed E-state index contributed by atoms with van der Waals surface area (Å²) in [6.07, 6.45) is 1.74. The van der Waals surface area contributed by atoms with E-state index in [0.29, 0.717) is 26.1 Å². The maximum Gasteiger partial charge on any atom is 0.323 e. The maximum absolute atomic E-state index is 11.8. The second-order valence-corrected chi connectivity index (χ2v) is 3.97. The first-order chi connectivity index (χ1) is 8.02. The van der Waals surface area contributed by atoms with Crippen LogP contribution in [0, 0.1) is 0 Å². The molecule has 1 atom stereocenters. The Kier molecular flexibility index (Phi) is 8.40. The van der Waals surface area contributed by atoms with Gasteiger partial charge in [0.2, 0.25) is 5.91 Å². The molecule has 5 heteroatoms. The molecule has 100 valence electrons. The molecule has 1 amide bonds. The molecule has 0 spiro atoms. The van der Waals surface area contributed by atoms with E-state index in [1.807, 2.05) is 20.8 Å². The number of carbonyl (C=O) groups excluding carboxylic acids is 1. The summed E-state index contributed by atoms with van der Waals surface area (Å²) in [7, 11) is 0. The van der Waals surface area contributed by atoms with Gasteiger partial charge in [-0.2, -0.15) is 0 Å². The summed E-state index contributed by atoms with van der Waals surface area (Å²) in [5, 5.41) is 8.77. The fourth-order valence-corrected chi connectivity index (χ4v) is 1.47. The minimum atomic E-state index is -0.969. The van der Waals surface area contributed by atoms with Gasteiger partial charge in [-0.15, -0.1) is 0 Å². The van der Waals surface area contributed by atoms with Crippen LogP contribution in [-0.4, -0.2) is 47.7 Å². The van der Waals surface area contributed by atoms with Crippen LogP contribution in [0.3, 0.4) is 0 Å². The molecular weight excluding hydrogens is 222 g/mol. The van der Waals surface area contributed by atoms with Crippen LogP contribution in [0.25, 0.3) is 0 Å². The summed E-state index contributed by atoms with van der Waals surface area (Å²) in [4.78, 5) is 24.0. The summed E-state index contributed by atoms with van der Waals surface area (Å²) in [5.74, 6) is -1.08. The monoisotopic (exact) mass is 245 g/mol. The molecule has 0 saturated heterocycles. The van der Waals surface area contributed by atoms with Gasteiger partial charge in [0.25, 0.3) is 0 Å². The Hall–Kier alpha value is -1.10. The standard InChI is InChI=1S/C12H23NO4/c1-4-10(3)13(9-12(15)16)11(14)7-6-8-17-5-2/h10H,4-9H2,1-3H3,(H,15,16). The van der Waals surface area contributed by atoms with Crippen LogP contribution in [0.2, 0.25) is 0 Å². The third-order valence-corrected chi connectivity index (χ3v) is 2.63. The zero-order valence-corrected chi connectivity index (χ0v) is 10.9. The molecule has 0 saturated carbocycles. The molecule has 0 aromatic heterocycles. The van der Waals surface area contributed by atoms with Crippen molar-refractivity contribution < 1.29 is 19.4 Å². The van der Waals surface area contributed by atoms with Gasteiger partial charge in [-0.25, -0.2) is 0 Å². The molecule has 0 bridgehead atoms. The number of nitrogens with zero attached hydrogens (tertiary/aromatic N) is 1. The van der Waals surface area contributed by atoms with Crippen molar-refractivity contribution in [1.29, 1.82) is 0 Å². The number of rotatable bonds is 9. The van der Waals surface area contributed by atoms with Crippen LogP contribution >= 0.6 is 0 Å². The van der Waals surface area contributed by atoms with E-state index >= 15 is 0 Å². The molecule has 0 aromatic rings. The SMILES string of the molecule is CCOCCCC(=O)N(CC(=O)O)C(C)CC. The lowest BCUT2D eigenvalue weighted by Gasteiger charge is -2.27. The van der Waals surface area contributed by atoms with Crippen LogP contribution in [0.4, 0.5) is 0 Å². The van der Waals surface area contributed by atoms with Crippen LogP contribution in [0.1, 0.15) is 40.0 Å². The van der Waals surface area contributed by atoms with Gasteiger partial charge >= 0.3 is 5.97 Å². The fraction of sp³-hybridized carbons (Fsp3) is 0.833. The summed E-state index contributed by atoms with van der Waals surface area (Å²) < 4.78 is 5.14. The molecule has 0 aliphatic rings. The molecule has 1 N–H and O–H groups in total. The van der Waals surface area contributed by atoms with E-state index in [4.69, 9.17) is 9.84 Å². The van der Waals surface area contributed by atoms with Gasteiger partial charge < -0.3 is 14.7 Å². The number of hydrogen-bond acceptors (Lipinski definition) is 3. The number of amides is 1. The van der Waals surface area contributed by atoms with Crippen molar-refractivity contribution in [2.45, 2.75) is 46.1 Å². The van der Waals surface area contributed by atoms with Gasteiger partial charge in [-0.1, -0.05) is 6.92 Å². The normalized spacial score (nSPS) is 12.2. The zero-order chi connectivity index (χ0) is 13.3. The van der Waals surface area contributed by atoms with E-state index < -0.39 is 5.97 Å². The van der Waals surface area contributed by atoms with Crippen molar-refractivity contribution in [3.63, 3.8) is 0 Å². The van der Waals surface area contributed by atoms with Crippen LogP contribution in [-0.2, 0) is 14.3 Å².